The molecule has 2 nitrogen and oxygen atoms in total. The topological polar surface area (TPSA) is 38.0 Å². The van der Waals surface area contributed by atoms with Crippen molar-refractivity contribution in [1.82, 2.24) is 5.43 Å². The lowest BCUT2D eigenvalue weighted by Gasteiger charge is -2.40. The van der Waals surface area contributed by atoms with Crippen molar-refractivity contribution in [2.75, 3.05) is 0 Å². The lowest BCUT2D eigenvalue weighted by molar-refractivity contribution is 0.147. The quantitative estimate of drug-likeness (QED) is 0.624. The fraction of sp³-hybridized carbons (Fsp3) is 0.692. The van der Waals surface area contributed by atoms with Crippen LogP contribution in [-0.4, -0.2) is 0 Å². The van der Waals surface area contributed by atoms with Crippen LogP contribution < -0.4 is 11.3 Å². The number of nitrogens with two attached hydrogens (primary N) is 1. The van der Waals surface area contributed by atoms with E-state index < -0.39 is 0 Å². The molecule has 1 atom stereocenters. The van der Waals surface area contributed by atoms with Crippen LogP contribution >= 0.6 is 11.3 Å². The zero-order valence-electron chi connectivity index (χ0n) is 10.3. The first-order chi connectivity index (χ1) is 7.67. The van der Waals surface area contributed by atoms with Gasteiger partial charge < -0.3 is 0 Å². The van der Waals surface area contributed by atoms with Gasteiger partial charge in [-0.2, -0.15) is 0 Å². The summed E-state index contributed by atoms with van der Waals surface area (Å²) >= 11 is 1.83. The van der Waals surface area contributed by atoms with Crippen molar-refractivity contribution in [2.24, 2.45) is 11.3 Å². The Balaban J connectivity index is 2.24. The maximum atomic E-state index is 5.81. The normalized spacial score (nSPS) is 21.9. The second-order valence-corrected chi connectivity index (χ2v) is 6.23. The highest BCUT2D eigenvalue weighted by Gasteiger charge is 2.36. The molecule has 1 aliphatic carbocycles. The molecular weight excluding hydrogens is 216 g/mol. The number of nitrogens with one attached hydrogen (secondary N) is 1. The average molecular weight is 238 g/mol. The molecule has 0 aromatic carbocycles. The van der Waals surface area contributed by atoms with Gasteiger partial charge in [0.1, 0.15) is 0 Å². The van der Waals surface area contributed by atoms with E-state index >= 15 is 0 Å². The first kappa shape index (κ1) is 12.1. The summed E-state index contributed by atoms with van der Waals surface area (Å²) in [5.41, 5.74) is 4.78. The van der Waals surface area contributed by atoms with Crippen LogP contribution in [0.1, 0.15) is 55.5 Å². The molecular formula is C13H22N2S. The van der Waals surface area contributed by atoms with E-state index in [2.05, 4.69) is 30.7 Å². The second-order valence-electron chi connectivity index (χ2n) is 5.28. The smallest absolute Gasteiger partial charge is 0.0609 e. The van der Waals surface area contributed by atoms with Gasteiger partial charge in [-0.15, -0.1) is 11.3 Å². The van der Waals surface area contributed by atoms with Gasteiger partial charge >= 0.3 is 0 Å². The molecule has 1 aliphatic rings. The van der Waals surface area contributed by atoms with E-state index in [1.165, 1.54) is 42.5 Å². The molecule has 1 aromatic rings. The lowest BCUT2D eigenvalue weighted by atomic mass is 9.70. The third kappa shape index (κ3) is 2.17. The average Bonchev–Trinajstić information content (AvgIpc) is 2.67. The molecule has 0 bridgehead atoms. The summed E-state index contributed by atoms with van der Waals surface area (Å²) in [6, 6.07) is 2.52. The number of rotatable bonds is 3. The Kier molecular flexibility index (Phi) is 3.67. The van der Waals surface area contributed by atoms with Gasteiger partial charge in [-0.1, -0.05) is 26.2 Å². The predicted octanol–water partition coefficient (Wildman–Crippen LogP) is 3.53. The fourth-order valence-electron chi connectivity index (χ4n) is 2.92. The number of hydrogen-bond acceptors (Lipinski definition) is 3. The van der Waals surface area contributed by atoms with E-state index in [1.54, 1.807) is 0 Å². The van der Waals surface area contributed by atoms with Crippen LogP contribution in [-0.2, 0) is 0 Å². The van der Waals surface area contributed by atoms with Gasteiger partial charge in [0.25, 0.3) is 0 Å². The van der Waals surface area contributed by atoms with Gasteiger partial charge in [-0.05, 0) is 42.2 Å². The summed E-state index contributed by atoms with van der Waals surface area (Å²) in [6.07, 6.45) is 6.66. The number of hydrazine groups is 1. The maximum absolute atomic E-state index is 5.81. The number of aryl methyl sites for hydroxylation is 1. The molecule has 1 fully saturated rings. The highest BCUT2D eigenvalue weighted by molar-refractivity contribution is 7.10. The fourth-order valence-corrected chi connectivity index (χ4v) is 4.08. The van der Waals surface area contributed by atoms with Gasteiger partial charge in [-0.25, -0.2) is 0 Å². The Morgan fingerprint density at radius 2 is 2.06 bits per heavy atom. The van der Waals surface area contributed by atoms with Gasteiger partial charge in [0, 0.05) is 4.88 Å². The molecule has 3 heteroatoms. The molecule has 0 amide bonds. The van der Waals surface area contributed by atoms with Crippen LogP contribution in [0.5, 0.6) is 0 Å². The Hall–Kier alpha value is -0.380. The van der Waals surface area contributed by atoms with E-state index in [4.69, 9.17) is 5.84 Å². The zero-order valence-corrected chi connectivity index (χ0v) is 11.1. The second kappa shape index (κ2) is 4.86. The third-order valence-corrected chi connectivity index (χ3v) is 5.11. The molecule has 2 rings (SSSR count). The number of thiophene rings is 1. The van der Waals surface area contributed by atoms with Crippen LogP contribution in [0.25, 0.3) is 0 Å². The monoisotopic (exact) mass is 238 g/mol. The SMILES string of the molecule is Cc1ccsc1C(NN)C1(C)CCCCC1. The van der Waals surface area contributed by atoms with Gasteiger partial charge in [0.2, 0.25) is 0 Å². The largest absolute Gasteiger partial charge is 0.271 e. The molecule has 0 saturated heterocycles. The van der Waals surface area contributed by atoms with Crippen LogP contribution in [0, 0.1) is 12.3 Å². The summed E-state index contributed by atoms with van der Waals surface area (Å²) < 4.78 is 0. The summed E-state index contributed by atoms with van der Waals surface area (Å²) in [6.45, 7) is 4.57. The van der Waals surface area contributed by atoms with Crippen molar-refractivity contribution in [2.45, 2.75) is 52.0 Å². The van der Waals surface area contributed by atoms with Crippen molar-refractivity contribution >= 4 is 11.3 Å². The van der Waals surface area contributed by atoms with Crippen LogP contribution in [0.2, 0.25) is 0 Å². The van der Waals surface area contributed by atoms with E-state index in [-0.39, 0.29) is 0 Å². The third-order valence-electron chi connectivity index (χ3n) is 4.02. The van der Waals surface area contributed by atoms with Crippen LogP contribution in [0.4, 0.5) is 0 Å². The highest BCUT2D eigenvalue weighted by atomic mass is 32.1. The van der Waals surface area contributed by atoms with Gasteiger partial charge in [-0.3, -0.25) is 11.3 Å². The van der Waals surface area contributed by atoms with Crippen molar-refractivity contribution in [3.05, 3.63) is 21.9 Å². The summed E-state index contributed by atoms with van der Waals surface area (Å²) in [5.74, 6) is 5.81. The summed E-state index contributed by atoms with van der Waals surface area (Å²) in [7, 11) is 0. The molecule has 1 saturated carbocycles. The van der Waals surface area contributed by atoms with Gasteiger partial charge in [0.05, 0.1) is 6.04 Å². The Labute approximate surface area is 102 Å². The standard InChI is InChI=1S/C13H22N2S/c1-10-6-9-16-11(10)12(15-14)13(2)7-4-3-5-8-13/h6,9,12,15H,3-5,7-8,14H2,1-2H3. The van der Waals surface area contributed by atoms with Crippen molar-refractivity contribution in [1.29, 1.82) is 0 Å². The highest BCUT2D eigenvalue weighted by Crippen LogP contribution is 2.47. The summed E-state index contributed by atoms with van der Waals surface area (Å²) in [4.78, 5) is 1.42. The predicted molar refractivity (Wildman–Crippen MR) is 70.3 cm³/mol. The zero-order chi connectivity index (χ0) is 11.6. The lowest BCUT2D eigenvalue weighted by Crippen LogP contribution is -2.41. The van der Waals surface area contributed by atoms with Crippen molar-refractivity contribution in [3.8, 4) is 0 Å². The van der Waals surface area contributed by atoms with E-state index in [1.807, 2.05) is 11.3 Å². The van der Waals surface area contributed by atoms with Crippen LogP contribution in [0.15, 0.2) is 11.4 Å². The van der Waals surface area contributed by atoms with E-state index in [0.29, 0.717) is 11.5 Å². The van der Waals surface area contributed by atoms with Crippen LogP contribution in [0.3, 0.4) is 0 Å². The first-order valence-corrected chi connectivity index (χ1v) is 7.05. The summed E-state index contributed by atoms with van der Waals surface area (Å²) in [5, 5.41) is 2.17. The Morgan fingerprint density at radius 1 is 1.38 bits per heavy atom. The molecule has 1 unspecified atom stereocenters. The van der Waals surface area contributed by atoms with Gasteiger partial charge in [0.15, 0.2) is 0 Å². The first-order valence-electron chi connectivity index (χ1n) is 6.17. The molecule has 0 aliphatic heterocycles. The Bertz CT molecular complexity index is 339. The minimum Gasteiger partial charge on any atom is -0.271 e. The maximum Gasteiger partial charge on any atom is 0.0609 e. The Morgan fingerprint density at radius 3 is 2.56 bits per heavy atom. The molecule has 1 aromatic heterocycles. The number of hydrogen-bond donors (Lipinski definition) is 2. The van der Waals surface area contributed by atoms with E-state index in [9.17, 15) is 0 Å². The molecule has 1 heterocycles. The molecule has 16 heavy (non-hydrogen) atoms. The molecule has 0 radical (unpaired) electrons. The minimum atomic E-state index is 0.327. The van der Waals surface area contributed by atoms with Crippen molar-refractivity contribution in [3.63, 3.8) is 0 Å². The molecule has 3 N–H and O–H groups in total. The van der Waals surface area contributed by atoms with E-state index in [0.717, 1.165) is 0 Å². The minimum absolute atomic E-state index is 0.327. The molecule has 90 valence electrons. The van der Waals surface area contributed by atoms with Crippen molar-refractivity contribution < 1.29 is 0 Å². The molecule has 0 spiro atoms.